The Labute approximate surface area is 194 Å². The van der Waals surface area contributed by atoms with Gasteiger partial charge in [-0.05, 0) is 37.3 Å². The van der Waals surface area contributed by atoms with Gasteiger partial charge in [0, 0.05) is 19.4 Å². The van der Waals surface area contributed by atoms with Gasteiger partial charge >= 0.3 is 23.9 Å². The van der Waals surface area contributed by atoms with Crippen LogP contribution in [0.2, 0.25) is 0 Å². The van der Waals surface area contributed by atoms with Crippen molar-refractivity contribution in [2.24, 2.45) is 10.7 Å². The van der Waals surface area contributed by atoms with Crippen molar-refractivity contribution < 1.29 is 38.0 Å². The van der Waals surface area contributed by atoms with Crippen LogP contribution in [0.25, 0.3) is 0 Å². The zero-order valence-corrected chi connectivity index (χ0v) is 18.8. The maximum Gasteiger partial charge on any atom is 0.451 e. The number of benzene rings is 2. The van der Waals surface area contributed by atoms with Crippen molar-refractivity contribution in [2.75, 3.05) is 7.05 Å². The highest BCUT2D eigenvalue weighted by atomic mass is 16.6. The standard InChI is InChI=1S/C23H20N4O7/c1-12-5-8-16(9-6-12)27-20(24)19(22(31)26(4)23(27)32)25-21(30)15-7-10-17(33-13(2)28)18(11-15)34-14(3)29/h5-11,24H,1-4H3/p+1. The Morgan fingerprint density at radius 2 is 1.53 bits per heavy atom. The molecule has 1 aliphatic rings. The molecular weight excluding hydrogens is 444 g/mol. The number of ether oxygens (including phenoxy) is 2. The Bertz CT molecular complexity index is 1290. The van der Waals surface area contributed by atoms with E-state index in [1.54, 1.807) is 24.3 Å². The quantitative estimate of drug-likeness (QED) is 0.408. The topological polar surface area (TPSA) is 148 Å². The van der Waals surface area contributed by atoms with Crippen LogP contribution in [0.1, 0.15) is 29.8 Å². The van der Waals surface area contributed by atoms with Crippen LogP contribution in [0.15, 0.2) is 47.5 Å². The van der Waals surface area contributed by atoms with E-state index in [9.17, 15) is 24.0 Å². The van der Waals surface area contributed by atoms with Crippen molar-refractivity contribution in [1.29, 1.82) is 0 Å². The van der Waals surface area contributed by atoms with Crippen LogP contribution in [0.5, 0.6) is 11.5 Å². The summed E-state index contributed by atoms with van der Waals surface area (Å²) >= 11 is 0. The Balaban J connectivity index is 2.08. The molecule has 0 unspecified atom stereocenters. The van der Waals surface area contributed by atoms with E-state index in [1.807, 2.05) is 6.92 Å². The molecule has 0 spiro atoms. The molecule has 2 aromatic rings. The van der Waals surface area contributed by atoms with Crippen molar-refractivity contribution in [3.05, 3.63) is 53.6 Å². The lowest BCUT2D eigenvalue weighted by molar-refractivity contribution is -0.342. The monoisotopic (exact) mass is 465 g/mol. The summed E-state index contributed by atoms with van der Waals surface area (Å²) in [5.74, 6) is -3.72. The third kappa shape index (κ3) is 4.88. The highest BCUT2D eigenvalue weighted by Gasteiger charge is 2.42. The number of hydrogen-bond acceptors (Lipinski definition) is 8. The first-order valence-corrected chi connectivity index (χ1v) is 9.95. The number of carbonyl (C=O) groups excluding carboxylic acids is 5. The molecule has 174 valence electrons. The van der Waals surface area contributed by atoms with Gasteiger partial charge in [0.1, 0.15) is 5.69 Å². The maximum absolute atomic E-state index is 12.9. The van der Waals surface area contributed by atoms with E-state index in [0.29, 0.717) is 5.69 Å². The van der Waals surface area contributed by atoms with E-state index in [4.69, 9.17) is 15.2 Å². The van der Waals surface area contributed by atoms with E-state index < -0.39 is 35.5 Å². The predicted octanol–water partition coefficient (Wildman–Crippen LogP) is 1.72. The molecule has 2 aromatic carbocycles. The van der Waals surface area contributed by atoms with Gasteiger partial charge in [-0.3, -0.25) is 14.4 Å². The highest BCUT2D eigenvalue weighted by Crippen LogP contribution is 2.29. The molecule has 0 saturated carbocycles. The molecule has 0 fully saturated rings. The van der Waals surface area contributed by atoms with E-state index >= 15 is 0 Å². The Kier molecular flexibility index (Phi) is 6.66. The minimum Gasteiger partial charge on any atom is -0.423 e. The van der Waals surface area contributed by atoms with Gasteiger partial charge in [0.25, 0.3) is 11.7 Å². The lowest BCUT2D eigenvalue weighted by atomic mass is 10.1. The van der Waals surface area contributed by atoms with Gasteiger partial charge in [-0.1, -0.05) is 17.7 Å². The van der Waals surface area contributed by atoms with Gasteiger partial charge in [-0.2, -0.15) is 14.5 Å². The van der Waals surface area contributed by atoms with Gasteiger partial charge in [-0.25, -0.2) is 9.59 Å². The van der Waals surface area contributed by atoms with Crippen LogP contribution < -0.4 is 15.2 Å². The summed E-state index contributed by atoms with van der Waals surface area (Å²) < 4.78 is 11.1. The predicted molar refractivity (Wildman–Crippen MR) is 119 cm³/mol. The molecule has 4 amide bonds. The van der Waals surface area contributed by atoms with E-state index in [-0.39, 0.29) is 22.9 Å². The normalized spacial score (nSPS) is 14.9. The molecule has 34 heavy (non-hydrogen) atoms. The first-order valence-electron chi connectivity index (χ1n) is 9.95. The molecule has 0 aliphatic carbocycles. The number of esters is 2. The second-order valence-corrected chi connectivity index (χ2v) is 7.32. The van der Waals surface area contributed by atoms with Gasteiger partial charge in [0.2, 0.25) is 5.71 Å². The minimum absolute atomic E-state index is 0.0809. The smallest absolute Gasteiger partial charge is 0.423 e. The summed E-state index contributed by atoms with van der Waals surface area (Å²) in [5, 5.41) is 0. The molecule has 0 bridgehead atoms. The van der Waals surface area contributed by atoms with Crippen LogP contribution in [0.3, 0.4) is 0 Å². The highest BCUT2D eigenvalue weighted by molar-refractivity contribution is 6.68. The molecule has 0 aromatic heterocycles. The average molecular weight is 465 g/mol. The lowest BCUT2D eigenvalue weighted by Crippen LogP contribution is -2.55. The molecule has 2 N–H and O–H groups in total. The number of urea groups is 1. The van der Waals surface area contributed by atoms with Gasteiger partial charge in [-0.15, -0.1) is 0 Å². The minimum atomic E-state index is -0.902. The van der Waals surface area contributed by atoms with E-state index in [1.165, 1.54) is 19.2 Å². The zero-order valence-electron chi connectivity index (χ0n) is 18.8. The maximum atomic E-state index is 12.9. The molecule has 1 heterocycles. The number of amidine groups is 1. The zero-order chi connectivity index (χ0) is 25.2. The number of imide groups is 1. The molecule has 3 rings (SSSR count). The second kappa shape index (κ2) is 9.45. The molecule has 11 heteroatoms. The van der Waals surface area contributed by atoms with Crippen molar-refractivity contribution in [3.8, 4) is 11.5 Å². The summed E-state index contributed by atoms with van der Waals surface area (Å²) in [6.07, 6.45) is 0. The number of amides is 4. The number of nitrogens with two attached hydrogens (primary N) is 1. The van der Waals surface area contributed by atoms with Crippen LogP contribution >= 0.6 is 0 Å². The van der Waals surface area contributed by atoms with Crippen molar-refractivity contribution in [2.45, 2.75) is 20.8 Å². The molecule has 0 radical (unpaired) electrons. The number of nitrogens with zero attached hydrogens (tertiary/aromatic N) is 3. The third-order valence-electron chi connectivity index (χ3n) is 4.67. The van der Waals surface area contributed by atoms with Crippen molar-refractivity contribution in [1.82, 2.24) is 4.90 Å². The summed E-state index contributed by atoms with van der Waals surface area (Å²) in [6, 6.07) is 9.75. The fourth-order valence-corrected chi connectivity index (χ4v) is 3.04. The Morgan fingerprint density at radius 1 is 0.941 bits per heavy atom. The molecule has 1 aliphatic heterocycles. The fraction of sp³-hybridized carbons (Fsp3) is 0.174. The summed E-state index contributed by atoms with van der Waals surface area (Å²) in [4.78, 5) is 65.6. The molecular formula is C23H21N4O7+. The first-order chi connectivity index (χ1) is 16.0. The average Bonchev–Trinajstić information content (AvgIpc) is 2.77. The summed E-state index contributed by atoms with van der Waals surface area (Å²) in [7, 11) is 1.24. The fourth-order valence-electron chi connectivity index (χ4n) is 3.04. The summed E-state index contributed by atoms with van der Waals surface area (Å²) in [5.41, 5.74) is 6.91. The van der Waals surface area contributed by atoms with Crippen LogP contribution in [0, 0.1) is 6.92 Å². The van der Waals surface area contributed by atoms with Crippen molar-refractivity contribution >= 4 is 47.0 Å². The van der Waals surface area contributed by atoms with E-state index in [0.717, 1.165) is 35.0 Å². The van der Waals surface area contributed by atoms with Crippen LogP contribution in [0.4, 0.5) is 10.5 Å². The number of aliphatic imine (C=N–C) groups is 1. The Morgan fingerprint density at radius 3 is 2.12 bits per heavy atom. The van der Waals surface area contributed by atoms with Crippen molar-refractivity contribution in [3.63, 3.8) is 0 Å². The first kappa shape index (κ1) is 24.0. The number of carbonyl (C=O) groups is 5. The summed E-state index contributed by atoms with van der Waals surface area (Å²) in [6.45, 7) is 4.16. The molecule has 0 saturated heterocycles. The number of rotatable bonds is 4. The van der Waals surface area contributed by atoms with E-state index in [2.05, 4.69) is 4.99 Å². The third-order valence-corrected chi connectivity index (χ3v) is 4.67. The van der Waals surface area contributed by atoms with Crippen LogP contribution in [-0.2, 0) is 14.4 Å². The number of hydrogen-bond donors (Lipinski definition) is 1. The molecule has 11 nitrogen and oxygen atoms in total. The lowest BCUT2D eigenvalue weighted by Gasteiger charge is -2.20. The Hall–Kier alpha value is -4.67. The van der Waals surface area contributed by atoms with Crippen LogP contribution in [-0.4, -0.2) is 57.9 Å². The van der Waals surface area contributed by atoms with Gasteiger partial charge in [0.05, 0.1) is 7.05 Å². The SMILES string of the molecule is CC(=O)Oc1ccc(C(=O)N=C2C(=O)N(C)C(=O)[N+](c3ccc(C)cc3)=C2N)cc1OC(C)=O. The van der Waals surface area contributed by atoms with Gasteiger partial charge in [0.15, 0.2) is 11.5 Å². The molecule has 0 atom stereocenters. The number of aryl methyl sites for hydroxylation is 1. The second-order valence-electron chi connectivity index (χ2n) is 7.32. The van der Waals surface area contributed by atoms with Gasteiger partial charge < -0.3 is 15.2 Å². The largest absolute Gasteiger partial charge is 0.451 e.